The van der Waals surface area contributed by atoms with Gasteiger partial charge in [0.2, 0.25) is 0 Å². The molecule has 1 aliphatic heterocycles. The fraction of sp³-hybridized carbons (Fsp3) is 0.571. The van der Waals surface area contributed by atoms with Gasteiger partial charge < -0.3 is 15.0 Å². The summed E-state index contributed by atoms with van der Waals surface area (Å²) in [5.74, 6) is 1.55. The van der Waals surface area contributed by atoms with Crippen LogP contribution in [0.5, 0.6) is 5.75 Å². The third kappa shape index (κ3) is 3.63. The Labute approximate surface area is 104 Å². The van der Waals surface area contributed by atoms with E-state index in [9.17, 15) is 0 Å². The molecule has 1 aromatic rings. The number of ether oxygens (including phenoxy) is 1. The molecule has 0 saturated carbocycles. The van der Waals surface area contributed by atoms with Gasteiger partial charge in [-0.2, -0.15) is 0 Å². The Morgan fingerprint density at radius 3 is 2.76 bits per heavy atom. The second kappa shape index (κ2) is 5.92. The summed E-state index contributed by atoms with van der Waals surface area (Å²) in [6.07, 6.45) is 0. The lowest BCUT2D eigenvalue weighted by atomic mass is 10.2. The molecular weight excluding hydrogens is 212 g/mol. The van der Waals surface area contributed by atoms with Crippen LogP contribution in [0.15, 0.2) is 24.3 Å². The molecule has 0 atom stereocenters. The SMILES string of the molecule is CC(C)COc1cccc(N2CCNCC2)c1. The normalized spacial score (nSPS) is 16.3. The molecule has 0 radical (unpaired) electrons. The summed E-state index contributed by atoms with van der Waals surface area (Å²) in [6, 6.07) is 8.42. The largest absolute Gasteiger partial charge is 0.493 e. The molecule has 0 amide bonds. The Balaban J connectivity index is 2.00. The molecule has 1 aromatic carbocycles. The van der Waals surface area contributed by atoms with Crippen LogP contribution in [0.3, 0.4) is 0 Å². The molecule has 0 aromatic heterocycles. The highest BCUT2D eigenvalue weighted by atomic mass is 16.5. The maximum atomic E-state index is 5.76. The van der Waals surface area contributed by atoms with Crippen LogP contribution in [0, 0.1) is 5.92 Å². The van der Waals surface area contributed by atoms with Crippen LogP contribution in [0.2, 0.25) is 0 Å². The molecule has 1 fully saturated rings. The molecule has 3 heteroatoms. The van der Waals surface area contributed by atoms with Crippen LogP contribution in [0.25, 0.3) is 0 Å². The summed E-state index contributed by atoms with van der Waals surface area (Å²) < 4.78 is 5.76. The van der Waals surface area contributed by atoms with Crippen LogP contribution in [-0.2, 0) is 0 Å². The van der Waals surface area contributed by atoms with E-state index in [1.165, 1.54) is 5.69 Å². The van der Waals surface area contributed by atoms with E-state index in [1.54, 1.807) is 0 Å². The Morgan fingerprint density at radius 1 is 1.29 bits per heavy atom. The van der Waals surface area contributed by atoms with Crippen molar-refractivity contribution in [3.63, 3.8) is 0 Å². The van der Waals surface area contributed by atoms with Gasteiger partial charge in [-0.15, -0.1) is 0 Å². The van der Waals surface area contributed by atoms with Crippen LogP contribution in [0.1, 0.15) is 13.8 Å². The highest BCUT2D eigenvalue weighted by molar-refractivity contribution is 5.51. The van der Waals surface area contributed by atoms with E-state index in [2.05, 4.69) is 42.3 Å². The fourth-order valence-electron chi connectivity index (χ4n) is 1.96. The highest BCUT2D eigenvalue weighted by Gasteiger charge is 2.10. The second-order valence-corrected chi connectivity index (χ2v) is 4.94. The minimum absolute atomic E-state index is 0.567. The lowest BCUT2D eigenvalue weighted by molar-refractivity contribution is 0.271. The van der Waals surface area contributed by atoms with Crippen LogP contribution in [-0.4, -0.2) is 32.8 Å². The van der Waals surface area contributed by atoms with Crippen LogP contribution < -0.4 is 15.0 Å². The molecule has 17 heavy (non-hydrogen) atoms. The predicted octanol–water partition coefficient (Wildman–Crippen LogP) is 2.13. The first-order valence-corrected chi connectivity index (χ1v) is 6.44. The van der Waals surface area contributed by atoms with Gasteiger partial charge in [-0.3, -0.25) is 0 Å². The number of hydrogen-bond acceptors (Lipinski definition) is 3. The van der Waals surface area contributed by atoms with Crippen molar-refractivity contribution in [2.75, 3.05) is 37.7 Å². The van der Waals surface area contributed by atoms with E-state index in [1.807, 2.05) is 6.07 Å². The summed E-state index contributed by atoms with van der Waals surface area (Å²) >= 11 is 0. The molecule has 0 spiro atoms. The third-order valence-corrected chi connectivity index (χ3v) is 2.88. The lowest BCUT2D eigenvalue weighted by Gasteiger charge is -2.29. The molecule has 1 N–H and O–H groups in total. The Kier molecular flexibility index (Phi) is 4.26. The maximum absolute atomic E-state index is 5.76. The van der Waals surface area contributed by atoms with E-state index in [4.69, 9.17) is 4.74 Å². The molecule has 0 unspecified atom stereocenters. The van der Waals surface area contributed by atoms with Gasteiger partial charge in [0, 0.05) is 37.9 Å². The molecule has 0 aliphatic carbocycles. The zero-order chi connectivity index (χ0) is 12.1. The summed E-state index contributed by atoms with van der Waals surface area (Å²) in [7, 11) is 0. The van der Waals surface area contributed by atoms with E-state index in [-0.39, 0.29) is 0 Å². The van der Waals surface area contributed by atoms with E-state index in [0.29, 0.717) is 5.92 Å². The van der Waals surface area contributed by atoms with E-state index in [0.717, 1.165) is 38.5 Å². The van der Waals surface area contributed by atoms with Crippen molar-refractivity contribution >= 4 is 5.69 Å². The van der Waals surface area contributed by atoms with Crippen molar-refractivity contribution in [2.24, 2.45) is 5.92 Å². The van der Waals surface area contributed by atoms with Crippen molar-refractivity contribution in [2.45, 2.75) is 13.8 Å². The van der Waals surface area contributed by atoms with Gasteiger partial charge in [0.15, 0.2) is 0 Å². The molecule has 3 nitrogen and oxygen atoms in total. The van der Waals surface area contributed by atoms with Gasteiger partial charge >= 0.3 is 0 Å². The summed E-state index contributed by atoms with van der Waals surface area (Å²) in [4.78, 5) is 2.40. The number of anilines is 1. The average Bonchev–Trinajstić information content (AvgIpc) is 2.38. The summed E-state index contributed by atoms with van der Waals surface area (Å²) in [5, 5.41) is 3.37. The molecule has 0 bridgehead atoms. The van der Waals surface area contributed by atoms with Gasteiger partial charge in [0.1, 0.15) is 5.75 Å². The Hall–Kier alpha value is -1.22. The zero-order valence-electron chi connectivity index (χ0n) is 10.8. The number of benzene rings is 1. The van der Waals surface area contributed by atoms with Gasteiger partial charge in [-0.05, 0) is 18.1 Å². The lowest BCUT2D eigenvalue weighted by Crippen LogP contribution is -2.43. The second-order valence-electron chi connectivity index (χ2n) is 4.94. The molecular formula is C14H22N2O. The van der Waals surface area contributed by atoms with Gasteiger partial charge in [0.05, 0.1) is 6.61 Å². The average molecular weight is 234 g/mol. The minimum atomic E-state index is 0.567. The minimum Gasteiger partial charge on any atom is -0.493 e. The predicted molar refractivity (Wildman–Crippen MR) is 71.9 cm³/mol. The topological polar surface area (TPSA) is 24.5 Å². The van der Waals surface area contributed by atoms with Crippen molar-refractivity contribution in [1.29, 1.82) is 0 Å². The first kappa shape index (κ1) is 12.2. The number of rotatable bonds is 4. The number of nitrogens with one attached hydrogen (secondary N) is 1. The smallest absolute Gasteiger partial charge is 0.121 e. The molecule has 1 aliphatic rings. The number of piperazine rings is 1. The van der Waals surface area contributed by atoms with Crippen molar-refractivity contribution in [1.82, 2.24) is 5.32 Å². The third-order valence-electron chi connectivity index (χ3n) is 2.88. The first-order chi connectivity index (χ1) is 8.25. The first-order valence-electron chi connectivity index (χ1n) is 6.44. The van der Waals surface area contributed by atoms with Gasteiger partial charge in [0.25, 0.3) is 0 Å². The Morgan fingerprint density at radius 2 is 2.06 bits per heavy atom. The number of nitrogens with zero attached hydrogens (tertiary/aromatic N) is 1. The van der Waals surface area contributed by atoms with Gasteiger partial charge in [-0.25, -0.2) is 0 Å². The molecule has 2 rings (SSSR count). The van der Waals surface area contributed by atoms with Gasteiger partial charge in [-0.1, -0.05) is 19.9 Å². The highest BCUT2D eigenvalue weighted by Crippen LogP contribution is 2.21. The van der Waals surface area contributed by atoms with E-state index >= 15 is 0 Å². The van der Waals surface area contributed by atoms with Crippen molar-refractivity contribution in [3.05, 3.63) is 24.3 Å². The standard InChI is InChI=1S/C14H22N2O/c1-12(2)11-17-14-5-3-4-13(10-14)16-8-6-15-7-9-16/h3-5,10,12,15H,6-9,11H2,1-2H3. The molecule has 94 valence electrons. The molecule has 1 saturated heterocycles. The summed E-state index contributed by atoms with van der Waals surface area (Å²) in [5.41, 5.74) is 1.27. The Bertz CT molecular complexity index is 346. The summed E-state index contributed by atoms with van der Waals surface area (Å²) in [6.45, 7) is 9.40. The maximum Gasteiger partial charge on any atom is 0.121 e. The molecule has 1 heterocycles. The zero-order valence-corrected chi connectivity index (χ0v) is 10.8. The van der Waals surface area contributed by atoms with Crippen molar-refractivity contribution in [3.8, 4) is 5.75 Å². The monoisotopic (exact) mass is 234 g/mol. The number of hydrogen-bond donors (Lipinski definition) is 1. The van der Waals surface area contributed by atoms with Crippen LogP contribution in [0.4, 0.5) is 5.69 Å². The van der Waals surface area contributed by atoms with E-state index < -0.39 is 0 Å². The van der Waals surface area contributed by atoms with Crippen LogP contribution >= 0.6 is 0 Å². The van der Waals surface area contributed by atoms with Crippen molar-refractivity contribution < 1.29 is 4.74 Å². The fourth-order valence-corrected chi connectivity index (χ4v) is 1.96. The quantitative estimate of drug-likeness (QED) is 0.863.